The average molecular weight is 567 g/mol. The van der Waals surface area contributed by atoms with Crippen LogP contribution in [0.2, 0.25) is 0 Å². The van der Waals surface area contributed by atoms with E-state index in [0.29, 0.717) is 38.5 Å². The Hall–Kier alpha value is -3.30. The van der Waals surface area contributed by atoms with Crippen LogP contribution in [-0.4, -0.2) is 112 Å². The molecule has 0 spiro atoms. The minimum absolute atomic E-state index is 0.0665. The molecule has 0 bridgehead atoms. The predicted octanol–water partition coefficient (Wildman–Crippen LogP) is 0.499. The minimum Gasteiger partial charge on any atom is -0.480 e. The van der Waals surface area contributed by atoms with Gasteiger partial charge in [-0.1, -0.05) is 0 Å². The molecule has 0 saturated carbocycles. The van der Waals surface area contributed by atoms with Crippen LogP contribution in [0.3, 0.4) is 0 Å². The maximum atomic E-state index is 11.7. The molecule has 0 rings (SSSR count). The fourth-order valence-corrected chi connectivity index (χ4v) is 2.67. The van der Waals surface area contributed by atoms with Crippen LogP contribution in [0.4, 0.5) is 0 Å². The van der Waals surface area contributed by atoms with Gasteiger partial charge < -0.3 is 43.4 Å². The molecule has 0 aliphatic carbocycles. The number of esters is 4. The van der Waals surface area contributed by atoms with E-state index in [2.05, 4.69) is 9.47 Å². The first-order chi connectivity index (χ1) is 18.7. The van der Waals surface area contributed by atoms with Crippen molar-refractivity contribution in [2.45, 2.75) is 51.4 Å². The first kappa shape index (κ1) is 35.7. The predicted molar refractivity (Wildman–Crippen MR) is 129 cm³/mol. The van der Waals surface area contributed by atoms with Gasteiger partial charge in [0, 0.05) is 12.8 Å². The summed E-state index contributed by atoms with van der Waals surface area (Å²) in [6.07, 6.45) is 3.88. The standard InChI is InChI=1S/C24H38O15/c25-19(26)15-34-17-23(31)36-9-5-1-3-7-21(29)38-13-11-33-12-14-39-22(30)8-4-2-6-10-37-24(32)18-35-16-20(27)28/h1-18H2,(H,25,26)(H,27,28). The van der Waals surface area contributed by atoms with Gasteiger partial charge >= 0.3 is 35.8 Å². The Balaban J connectivity index is 3.42. The van der Waals surface area contributed by atoms with E-state index in [0.717, 1.165) is 0 Å². The Morgan fingerprint density at radius 3 is 1.15 bits per heavy atom. The molecule has 0 atom stereocenters. The zero-order valence-electron chi connectivity index (χ0n) is 21.9. The van der Waals surface area contributed by atoms with E-state index >= 15 is 0 Å². The van der Waals surface area contributed by atoms with Crippen molar-refractivity contribution in [3.8, 4) is 0 Å². The molecule has 0 radical (unpaired) electrons. The molecule has 0 fully saturated rings. The lowest BCUT2D eigenvalue weighted by atomic mass is 10.2. The van der Waals surface area contributed by atoms with Crippen molar-refractivity contribution in [1.29, 1.82) is 0 Å². The van der Waals surface area contributed by atoms with E-state index in [1.807, 2.05) is 0 Å². The zero-order valence-corrected chi connectivity index (χ0v) is 21.9. The summed E-state index contributed by atoms with van der Waals surface area (Å²) in [4.78, 5) is 66.3. The summed E-state index contributed by atoms with van der Waals surface area (Å²) in [6, 6.07) is 0. The van der Waals surface area contributed by atoms with Gasteiger partial charge in [-0.05, 0) is 38.5 Å². The van der Waals surface area contributed by atoms with E-state index in [4.69, 9.17) is 33.9 Å². The van der Waals surface area contributed by atoms with Gasteiger partial charge in [-0.2, -0.15) is 0 Å². The Bertz CT molecular complexity index is 677. The molecule has 0 aliphatic heterocycles. The van der Waals surface area contributed by atoms with Gasteiger partial charge in [0.25, 0.3) is 0 Å². The van der Waals surface area contributed by atoms with Gasteiger partial charge in [0.1, 0.15) is 39.6 Å². The molecular weight excluding hydrogens is 528 g/mol. The van der Waals surface area contributed by atoms with Crippen LogP contribution in [-0.2, 0) is 61.9 Å². The molecule has 0 aromatic carbocycles. The lowest BCUT2D eigenvalue weighted by Gasteiger charge is -2.08. The molecule has 0 aromatic rings. The van der Waals surface area contributed by atoms with E-state index in [1.165, 1.54) is 0 Å². The lowest BCUT2D eigenvalue weighted by molar-refractivity contribution is -0.154. The molecule has 39 heavy (non-hydrogen) atoms. The van der Waals surface area contributed by atoms with Gasteiger partial charge in [-0.25, -0.2) is 19.2 Å². The molecule has 15 nitrogen and oxygen atoms in total. The summed E-state index contributed by atoms with van der Waals surface area (Å²) in [6.45, 7) is -1.26. The van der Waals surface area contributed by atoms with Crippen molar-refractivity contribution >= 4 is 35.8 Å². The summed E-state index contributed by atoms with van der Waals surface area (Å²) in [7, 11) is 0. The summed E-state index contributed by atoms with van der Waals surface area (Å²) in [5.41, 5.74) is 0. The second-order valence-corrected chi connectivity index (χ2v) is 7.89. The summed E-state index contributed by atoms with van der Waals surface area (Å²) in [5.74, 6) is -4.41. The smallest absolute Gasteiger partial charge is 0.332 e. The number of carboxylic acid groups (broad SMARTS) is 2. The number of rotatable bonds is 26. The number of ether oxygens (including phenoxy) is 7. The third kappa shape index (κ3) is 27.5. The Kier molecular flexibility index (Phi) is 22.9. The van der Waals surface area contributed by atoms with Crippen LogP contribution in [0.1, 0.15) is 51.4 Å². The summed E-state index contributed by atoms with van der Waals surface area (Å²) in [5, 5.41) is 16.8. The third-order valence-corrected chi connectivity index (χ3v) is 4.45. The molecule has 0 aromatic heterocycles. The third-order valence-electron chi connectivity index (χ3n) is 4.45. The molecule has 224 valence electrons. The summed E-state index contributed by atoms with van der Waals surface area (Å²) >= 11 is 0. The Morgan fingerprint density at radius 2 is 0.769 bits per heavy atom. The van der Waals surface area contributed by atoms with Gasteiger partial charge in [0.2, 0.25) is 0 Å². The van der Waals surface area contributed by atoms with E-state index in [1.54, 1.807) is 0 Å². The number of hydrogen-bond donors (Lipinski definition) is 2. The van der Waals surface area contributed by atoms with Crippen LogP contribution in [0.5, 0.6) is 0 Å². The highest BCUT2D eigenvalue weighted by Gasteiger charge is 2.08. The number of unbranched alkanes of at least 4 members (excludes halogenated alkanes) is 4. The number of carboxylic acids is 2. The minimum atomic E-state index is -1.17. The van der Waals surface area contributed by atoms with Crippen molar-refractivity contribution in [2.24, 2.45) is 0 Å². The molecule has 0 aliphatic rings. The second kappa shape index (κ2) is 25.0. The van der Waals surface area contributed by atoms with Crippen LogP contribution in [0, 0.1) is 0 Å². The monoisotopic (exact) mass is 566 g/mol. The fraction of sp³-hybridized carbons (Fsp3) is 0.750. The van der Waals surface area contributed by atoms with E-state index < -0.39 is 50.3 Å². The van der Waals surface area contributed by atoms with Crippen LogP contribution in [0.15, 0.2) is 0 Å². The van der Waals surface area contributed by atoms with Gasteiger partial charge in [-0.3, -0.25) is 9.59 Å². The number of carbonyl (C=O) groups is 6. The highest BCUT2D eigenvalue weighted by molar-refractivity contribution is 5.73. The lowest BCUT2D eigenvalue weighted by Crippen LogP contribution is -2.17. The Morgan fingerprint density at radius 1 is 0.385 bits per heavy atom. The zero-order chi connectivity index (χ0) is 29.1. The number of aliphatic carboxylic acids is 2. The largest absolute Gasteiger partial charge is 0.480 e. The highest BCUT2D eigenvalue weighted by Crippen LogP contribution is 2.03. The van der Waals surface area contributed by atoms with Crippen LogP contribution in [0.25, 0.3) is 0 Å². The van der Waals surface area contributed by atoms with Crippen LogP contribution >= 0.6 is 0 Å². The van der Waals surface area contributed by atoms with Gasteiger partial charge in [0.15, 0.2) is 0 Å². The van der Waals surface area contributed by atoms with Crippen molar-refractivity contribution in [3.63, 3.8) is 0 Å². The summed E-state index contributed by atoms with van der Waals surface area (Å²) < 4.78 is 34.2. The fourth-order valence-electron chi connectivity index (χ4n) is 2.67. The van der Waals surface area contributed by atoms with E-state index in [-0.39, 0.29) is 64.4 Å². The van der Waals surface area contributed by atoms with Crippen molar-refractivity contribution in [2.75, 3.05) is 66.1 Å². The van der Waals surface area contributed by atoms with E-state index in [9.17, 15) is 28.8 Å². The maximum Gasteiger partial charge on any atom is 0.332 e. The molecule has 0 unspecified atom stereocenters. The quantitative estimate of drug-likeness (QED) is 0.0830. The first-order valence-electron chi connectivity index (χ1n) is 12.5. The molecule has 15 heteroatoms. The molecule has 0 heterocycles. The average Bonchev–Trinajstić information content (AvgIpc) is 2.87. The van der Waals surface area contributed by atoms with Crippen molar-refractivity contribution in [1.82, 2.24) is 0 Å². The molecule has 2 N–H and O–H groups in total. The number of hydrogen-bond acceptors (Lipinski definition) is 13. The molecular formula is C24H38O15. The Labute approximate surface area is 225 Å². The van der Waals surface area contributed by atoms with Crippen molar-refractivity contribution < 1.29 is 72.1 Å². The topological polar surface area (TPSA) is 207 Å². The van der Waals surface area contributed by atoms with Crippen LogP contribution < -0.4 is 0 Å². The first-order valence-corrected chi connectivity index (χ1v) is 12.5. The maximum absolute atomic E-state index is 11.7. The highest BCUT2D eigenvalue weighted by atomic mass is 16.6. The molecule has 0 saturated heterocycles. The van der Waals surface area contributed by atoms with Gasteiger partial charge in [-0.15, -0.1) is 0 Å². The van der Waals surface area contributed by atoms with Crippen molar-refractivity contribution in [3.05, 3.63) is 0 Å². The SMILES string of the molecule is O=C(O)COCC(=O)OCCCCCC(=O)OCCOCCOC(=O)CCCCCOC(=O)COCC(=O)O. The normalized spacial score (nSPS) is 10.5. The molecule has 0 amide bonds. The van der Waals surface area contributed by atoms with Gasteiger partial charge in [0.05, 0.1) is 26.4 Å². The number of carbonyl (C=O) groups excluding carboxylic acids is 4. The second-order valence-electron chi connectivity index (χ2n) is 7.89.